The lowest BCUT2D eigenvalue weighted by Crippen LogP contribution is -2.32. The van der Waals surface area contributed by atoms with Crippen molar-refractivity contribution in [3.05, 3.63) is 77.0 Å². The van der Waals surface area contributed by atoms with Gasteiger partial charge in [-0.15, -0.1) is 0 Å². The molecule has 7 rings (SSSR count). The topological polar surface area (TPSA) is 3.88 Å². The first-order valence-corrected chi connectivity index (χ1v) is 15.6. The first kappa shape index (κ1) is 25.1. The Morgan fingerprint density at radius 3 is 2.44 bits per heavy atom. The Morgan fingerprint density at radius 1 is 0.872 bits per heavy atom. The largest absolute Gasteiger partial charge is 0.222 e. The van der Waals surface area contributed by atoms with Crippen molar-refractivity contribution in [2.75, 3.05) is 0 Å². The van der Waals surface area contributed by atoms with Crippen molar-refractivity contribution in [3.63, 3.8) is 0 Å². The van der Waals surface area contributed by atoms with Crippen LogP contribution in [0.2, 0.25) is 0 Å². The van der Waals surface area contributed by atoms with E-state index in [1.54, 1.807) is 0 Å². The van der Waals surface area contributed by atoms with Crippen LogP contribution < -0.4 is 4.57 Å². The van der Waals surface area contributed by atoms with E-state index < -0.39 is 0 Å². The van der Waals surface area contributed by atoms with Crippen molar-refractivity contribution < 1.29 is 4.57 Å². The number of aromatic nitrogens is 1. The summed E-state index contributed by atoms with van der Waals surface area (Å²) in [6, 6.07) is 19.2. The van der Waals surface area contributed by atoms with E-state index >= 15 is 0 Å². The summed E-state index contributed by atoms with van der Waals surface area (Å²) in [5.41, 5.74) is 8.80. The number of benzene rings is 4. The van der Waals surface area contributed by atoms with Crippen LogP contribution in [0.15, 0.2) is 64.5 Å². The van der Waals surface area contributed by atoms with Crippen molar-refractivity contribution in [2.24, 2.45) is 18.4 Å². The second kappa shape index (κ2) is 9.10. The van der Waals surface area contributed by atoms with Gasteiger partial charge in [0, 0.05) is 21.2 Å². The zero-order valence-corrected chi connectivity index (χ0v) is 25.2. The minimum atomic E-state index is 0.203. The van der Waals surface area contributed by atoms with Crippen LogP contribution in [0.1, 0.15) is 68.7 Å². The lowest BCUT2D eigenvalue weighted by Gasteiger charge is -2.28. The molecule has 1 aliphatic heterocycles. The molecule has 1 saturated carbocycles. The van der Waals surface area contributed by atoms with Crippen LogP contribution in [0.5, 0.6) is 0 Å². The Labute approximate surface area is 237 Å². The van der Waals surface area contributed by atoms with Gasteiger partial charge < -0.3 is 0 Å². The predicted octanol–water partition coefficient (Wildman–Crippen LogP) is 10.0. The first-order chi connectivity index (χ1) is 18.7. The minimum absolute atomic E-state index is 0.203. The van der Waals surface area contributed by atoms with E-state index in [0.29, 0.717) is 0 Å². The molecular weight excluding hydrogens is 490 g/mol. The monoisotopic (exact) mass is 530 g/mol. The number of nitrogens with zero attached hydrogens (tertiary/aromatic N) is 1. The van der Waals surface area contributed by atoms with Crippen molar-refractivity contribution in [1.82, 2.24) is 0 Å². The zero-order valence-electron chi connectivity index (χ0n) is 24.4. The summed E-state index contributed by atoms with van der Waals surface area (Å²) < 4.78 is 2.38. The fourth-order valence-corrected chi connectivity index (χ4v) is 8.75. The Hall–Kier alpha value is -2.84. The normalized spacial score (nSPS) is 15.5. The summed E-state index contributed by atoms with van der Waals surface area (Å²) in [7, 11) is 2.24. The standard InChI is InChI=1S/C37H40NS/c1-22-11-14-27-29(17-22)23(2)33-35-34-28(15-16-38(35)6)30-19-25(18-24-9-7-8-10-24)12-13-26(30)20-32(34)39-36(33)31(27)21-37(3,4)5/h11-17,19-20,24H,7-10,18,21H2,1-6H3/q+1. The Balaban J connectivity index is 1.53. The molecule has 2 heterocycles. The average molecular weight is 531 g/mol. The lowest BCUT2D eigenvalue weighted by atomic mass is 9.82. The Kier molecular flexibility index (Phi) is 5.87. The molecule has 0 amide bonds. The highest BCUT2D eigenvalue weighted by molar-refractivity contribution is 8.00. The number of aryl methyl sites for hydroxylation is 3. The summed E-state index contributed by atoms with van der Waals surface area (Å²) in [4.78, 5) is 2.87. The zero-order chi connectivity index (χ0) is 27.1. The van der Waals surface area contributed by atoms with Crippen LogP contribution in [0.25, 0.3) is 43.6 Å². The maximum Gasteiger partial charge on any atom is 0.222 e. The molecule has 2 heteroatoms. The third kappa shape index (κ3) is 4.18. The molecule has 0 radical (unpaired) electrons. The highest BCUT2D eigenvalue weighted by Crippen LogP contribution is 2.53. The average Bonchev–Trinajstić information content (AvgIpc) is 3.40. The molecule has 0 N–H and O–H groups in total. The molecule has 2 aliphatic rings. The fraction of sp³-hybridized carbons (Fsp3) is 0.378. The molecule has 1 fully saturated rings. The number of rotatable bonds is 3. The highest BCUT2D eigenvalue weighted by Gasteiger charge is 2.33. The third-order valence-electron chi connectivity index (χ3n) is 9.20. The molecule has 1 aliphatic carbocycles. The van der Waals surface area contributed by atoms with Crippen LogP contribution in [-0.2, 0) is 19.9 Å². The van der Waals surface area contributed by atoms with Gasteiger partial charge in [-0.25, -0.2) is 4.57 Å². The maximum atomic E-state index is 2.51. The van der Waals surface area contributed by atoms with Gasteiger partial charge in [-0.3, -0.25) is 0 Å². The van der Waals surface area contributed by atoms with E-state index in [1.807, 2.05) is 11.8 Å². The fourth-order valence-electron chi connectivity index (χ4n) is 7.38. The van der Waals surface area contributed by atoms with E-state index in [2.05, 4.69) is 101 Å². The van der Waals surface area contributed by atoms with E-state index in [1.165, 1.54) is 108 Å². The van der Waals surface area contributed by atoms with Gasteiger partial charge in [0.2, 0.25) is 5.69 Å². The molecule has 5 aromatic rings. The Bertz CT molecular complexity index is 1800. The van der Waals surface area contributed by atoms with E-state index in [-0.39, 0.29) is 5.41 Å². The summed E-state index contributed by atoms with van der Waals surface area (Å²) in [6.07, 6.45) is 10.2. The van der Waals surface area contributed by atoms with Crippen LogP contribution in [0.4, 0.5) is 0 Å². The molecular formula is C37H40NS+. The van der Waals surface area contributed by atoms with E-state index in [9.17, 15) is 0 Å². The van der Waals surface area contributed by atoms with Gasteiger partial charge in [0.25, 0.3) is 0 Å². The van der Waals surface area contributed by atoms with Crippen LogP contribution in [0.3, 0.4) is 0 Å². The quantitative estimate of drug-likeness (QED) is 0.163. The van der Waals surface area contributed by atoms with Crippen molar-refractivity contribution >= 4 is 44.1 Å². The maximum absolute atomic E-state index is 2.51. The van der Waals surface area contributed by atoms with Crippen LogP contribution in [-0.4, -0.2) is 0 Å². The molecule has 1 aromatic heterocycles. The molecule has 39 heavy (non-hydrogen) atoms. The van der Waals surface area contributed by atoms with E-state index in [4.69, 9.17) is 0 Å². The second-order valence-corrected chi connectivity index (χ2v) is 14.6. The number of pyridine rings is 1. The Morgan fingerprint density at radius 2 is 1.67 bits per heavy atom. The molecule has 0 spiro atoms. The molecule has 0 bridgehead atoms. The van der Waals surface area contributed by atoms with Gasteiger partial charge in [-0.2, -0.15) is 0 Å². The van der Waals surface area contributed by atoms with Gasteiger partial charge >= 0.3 is 0 Å². The van der Waals surface area contributed by atoms with E-state index in [0.717, 1.165) is 12.3 Å². The molecule has 0 saturated heterocycles. The lowest BCUT2D eigenvalue weighted by molar-refractivity contribution is -0.659. The second-order valence-electron chi connectivity index (χ2n) is 13.5. The van der Waals surface area contributed by atoms with Gasteiger partial charge in [0.1, 0.15) is 7.05 Å². The predicted molar refractivity (Wildman–Crippen MR) is 168 cm³/mol. The smallest absolute Gasteiger partial charge is 0.200 e. The minimum Gasteiger partial charge on any atom is -0.200 e. The number of fused-ring (bicyclic) bond motifs is 5. The SMILES string of the molecule is Cc1ccc2c(CC(C)(C)C)c3c(c(C)c2c1)-c1c2c(cc4ccc(CC5CCCC5)cc4c2cc[n+]1C)S3. The van der Waals surface area contributed by atoms with Gasteiger partial charge in [-0.05, 0) is 82.3 Å². The van der Waals surface area contributed by atoms with Crippen molar-refractivity contribution in [1.29, 1.82) is 0 Å². The summed E-state index contributed by atoms with van der Waals surface area (Å²) in [5.74, 6) is 0.864. The van der Waals surface area contributed by atoms with Crippen LogP contribution in [0, 0.1) is 25.2 Å². The molecule has 1 nitrogen and oxygen atoms in total. The highest BCUT2D eigenvalue weighted by atomic mass is 32.2. The van der Waals surface area contributed by atoms with Gasteiger partial charge in [-0.1, -0.05) is 100 Å². The van der Waals surface area contributed by atoms with Gasteiger partial charge in [0.05, 0.1) is 10.9 Å². The molecule has 0 atom stereocenters. The third-order valence-corrected chi connectivity index (χ3v) is 10.4. The first-order valence-electron chi connectivity index (χ1n) is 14.8. The van der Waals surface area contributed by atoms with Crippen molar-refractivity contribution in [3.8, 4) is 11.3 Å². The van der Waals surface area contributed by atoms with Crippen LogP contribution >= 0.6 is 11.8 Å². The van der Waals surface area contributed by atoms with Gasteiger partial charge in [0.15, 0.2) is 6.20 Å². The molecule has 0 unspecified atom stereocenters. The summed E-state index contributed by atoms with van der Waals surface area (Å²) in [5, 5.41) is 8.46. The number of hydrogen-bond acceptors (Lipinski definition) is 1. The summed E-state index contributed by atoms with van der Waals surface area (Å²) >= 11 is 2.02. The van der Waals surface area contributed by atoms with Crippen molar-refractivity contribution in [2.45, 2.75) is 82.9 Å². The summed E-state index contributed by atoms with van der Waals surface area (Å²) in [6.45, 7) is 11.7. The molecule has 198 valence electrons. The number of hydrogen-bond donors (Lipinski definition) is 0. The molecule has 4 aromatic carbocycles.